The molecule has 0 aromatic heterocycles. The third kappa shape index (κ3) is 0.941. The number of rotatable bonds is 0. The molecule has 0 saturated heterocycles. The van der Waals surface area contributed by atoms with Crippen molar-refractivity contribution >= 4 is 5.97 Å². The molecule has 0 bridgehead atoms. The fraction of sp³-hybridized carbons (Fsp3) is 0.500. The zero-order valence-electron chi connectivity index (χ0n) is 4.82. The monoisotopic (exact) mass is 113 g/mol. The van der Waals surface area contributed by atoms with Gasteiger partial charge in [0, 0.05) is 6.54 Å². The summed E-state index contributed by atoms with van der Waals surface area (Å²) in [6, 6.07) is 0. The third-order valence-corrected chi connectivity index (χ3v) is 1.16. The summed E-state index contributed by atoms with van der Waals surface area (Å²) in [5.41, 5.74) is 0.677. The van der Waals surface area contributed by atoms with Crippen molar-refractivity contribution < 1.29 is 4.39 Å². The number of allylic oxidation sites excluding steroid dienone is 1. The summed E-state index contributed by atoms with van der Waals surface area (Å²) in [5.74, 6) is -0.295. The van der Waals surface area contributed by atoms with Crippen LogP contribution in [0.2, 0.25) is 0 Å². The average Bonchev–Trinajstić information content (AvgIpc) is 1.77. The van der Waals surface area contributed by atoms with Gasteiger partial charge in [-0.3, -0.25) is 4.99 Å². The van der Waals surface area contributed by atoms with Gasteiger partial charge in [-0.1, -0.05) is 6.08 Å². The normalized spacial score (nSPS) is 19.8. The molecule has 0 atom stereocenters. The van der Waals surface area contributed by atoms with E-state index >= 15 is 0 Å². The predicted molar refractivity (Wildman–Crippen MR) is 31.8 cm³/mol. The SMILES string of the molecule is CC1=CCCN=C1F. The average molecular weight is 113 g/mol. The van der Waals surface area contributed by atoms with Gasteiger partial charge in [-0.2, -0.15) is 4.39 Å². The number of halogens is 1. The van der Waals surface area contributed by atoms with Crippen molar-refractivity contribution in [1.29, 1.82) is 0 Å². The molecule has 1 rings (SSSR count). The first-order valence-electron chi connectivity index (χ1n) is 2.68. The fourth-order valence-corrected chi connectivity index (χ4v) is 0.653. The Kier molecular flexibility index (Phi) is 1.42. The summed E-state index contributed by atoms with van der Waals surface area (Å²) in [6.45, 7) is 2.35. The standard InChI is InChI=1S/C6H8FN/c1-5-3-2-4-8-6(5)7/h3H,2,4H2,1H3. The largest absolute Gasteiger partial charge is 0.257 e. The van der Waals surface area contributed by atoms with E-state index in [9.17, 15) is 4.39 Å². The van der Waals surface area contributed by atoms with Gasteiger partial charge in [-0.05, 0) is 18.9 Å². The molecule has 2 heteroatoms. The molecule has 1 nitrogen and oxygen atoms in total. The van der Waals surface area contributed by atoms with Crippen LogP contribution in [0.15, 0.2) is 16.6 Å². The Bertz CT molecular complexity index is 129. The highest BCUT2D eigenvalue weighted by Gasteiger charge is 2.01. The Hall–Kier alpha value is -0.660. The van der Waals surface area contributed by atoms with E-state index in [4.69, 9.17) is 0 Å². The Morgan fingerprint density at radius 3 is 2.88 bits per heavy atom. The second-order valence-corrected chi connectivity index (χ2v) is 1.85. The molecule has 0 unspecified atom stereocenters. The molecule has 0 fully saturated rings. The summed E-state index contributed by atoms with van der Waals surface area (Å²) in [6.07, 6.45) is 2.75. The first-order chi connectivity index (χ1) is 3.80. The van der Waals surface area contributed by atoms with Crippen LogP contribution in [0.1, 0.15) is 13.3 Å². The Morgan fingerprint density at radius 1 is 1.75 bits per heavy atom. The van der Waals surface area contributed by atoms with E-state index in [0.717, 1.165) is 6.42 Å². The maximum Gasteiger partial charge on any atom is 0.210 e. The van der Waals surface area contributed by atoms with Gasteiger partial charge in [0.05, 0.1) is 0 Å². The van der Waals surface area contributed by atoms with Crippen LogP contribution in [0.5, 0.6) is 0 Å². The van der Waals surface area contributed by atoms with Gasteiger partial charge >= 0.3 is 0 Å². The van der Waals surface area contributed by atoms with Crippen LogP contribution in [0.4, 0.5) is 4.39 Å². The van der Waals surface area contributed by atoms with E-state index in [1.165, 1.54) is 0 Å². The molecular weight excluding hydrogens is 105 g/mol. The molecule has 0 spiro atoms. The van der Waals surface area contributed by atoms with Crippen molar-refractivity contribution in [3.8, 4) is 0 Å². The highest BCUT2D eigenvalue weighted by Crippen LogP contribution is 2.06. The van der Waals surface area contributed by atoms with Crippen molar-refractivity contribution in [3.05, 3.63) is 11.6 Å². The molecule has 1 heterocycles. The summed E-state index contributed by atoms with van der Waals surface area (Å²) in [4.78, 5) is 3.59. The number of aliphatic imine (C=N–C) groups is 1. The van der Waals surface area contributed by atoms with Crippen LogP contribution in [-0.4, -0.2) is 12.5 Å². The van der Waals surface area contributed by atoms with Gasteiger partial charge in [0.2, 0.25) is 5.97 Å². The lowest BCUT2D eigenvalue weighted by Crippen LogP contribution is -1.98. The van der Waals surface area contributed by atoms with Crippen molar-refractivity contribution in [2.45, 2.75) is 13.3 Å². The second-order valence-electron chi connectivity index (χ2n) is 1.85. The molecule has 0 N–H and O–H groups in total. The fourth-order valence-electron chi connectivity index (χ4n) is 0.653. The van der Waals surface area contributed by atoms with Crippen molar-refractivity contribution in [2.24, 2.45) is 4.99 Å². The number of hydrogen-bond donors (Lipinski definition) is 0. The van der Waals surface area contributed by atoms with E-state index in [-0.39, 0.29) is 5.97 Å². The molecular formula is C6H8FN. The minimum absolute atomic E-state index is 0.295. The third-order valence-electron chi connectivity index (χ3n) is 1.16. The minimum Gasteiger partial charge on any atom is -0.257 e. The van der Waals surface area contributed by atoms with Crippen LogP contribution >= 0.6 is 0 Å². The maximum atomic E-state index is 12.3. The van der Waals surface area contributed by atoms with E-state index < -0.39 is 0 Å². The van der Waals surface area contributed by atoms with Crippen LogP contribution in [0, 0.1) is 0 Å². The number of nitrogens with zero attached hydrogens (tertiary/aromatic N) is 1. The van der Waals surface area contributed by atoms with Crippen molar-refractivity contribution in [2.75, 3.05) is 6.54 Å². The van der Waals surface area contributed by atoms with Crippen molar-refractivity contribution in [1.82, 2.24) is 0 Å². The lowest BCUT2D eigenvalue weighted by molar-refractivity contribution is 0.773. The maximum absolute atomic E-state index is 12.3. The predicted octanol–water partition coefficient (Wildman–Crippen LogP) is 1.70. The molecule has 0 aromatic rings. The number of dihydropyridines is 1. The van der Waals surface area contributed by atoms with Crippen LogP contribution in [0.25, 0.3) is 0 Å². The van der Waals surface area contributed by atoms with E-state index in [1.807, 2.05) is 6.08 Å². The summed E-state index contributed by atoms with van der Waals surface area (Å²) < 4.78 is 12.3. The Labute approximate surface area is 47.9 Å². The van der Waals surface area contributed by atoms with Crippen LogP contribution in [0.3, 0.4) is 0 Å². The lowest BCUT2D eigenvalue weighted by atomic mass is 10.2. The quantitative estimate of drug-likeness (QED) is 0.453. The van der Waals surface area contributed by atoms with Gasteiger partial charge in [0.15, 0.2) is 0 Å². The summed E-state index contributed by atoms with van der Waals surface area (Å²) >= 11 is 0. The second kappa shape index (κ2) is 2.07. The number of hydrogen-bond acceptors (Lipinski definition) is 1. The first-order valence-corrected chi connectivity index (χ1v) is 2.68. The molecule has 1 aliphatic heterocycles. The molecule has 8 heavy (non-hydrogen) atoms. The van der Waals surface area contributed by atoms with Gasteiger partial charge in [0.25, 0.3) is 0 Å². The smallest absolute Gasteiger partial charge is 0.210 e. The molecule has 0 amide bonds. The highest BCUT2D eigenvalue weighted by atomic mass is 19.1. The van der Waals surface area contributed by atoms with E-state index in [0.29, 0.717) is 12.1 Å². The minimum atomic E-state index is -0.295. The first kappa shape index (κ1) is 5.48. The topological polar surface area (TPSA) is 12.4 Å². The summed E-state index contributed by atoms with van der Waals surface area (Å²) in [7, 11) is 0. The van der Waals surface area contributed by atoms with Gasteiger partial charge in [-0.25, -0.2) is 0 Å². The van der Waals surface area contributed by atoms with Crippen LogP contribution in [-0.2, 0) is 0 Å². The van der Waals surface area contributed by atoms with Gasteiger partial charge in [0.1, 0.15) is 0 Å². The molecule has 44 valence electrons. The van der Waals surface area contributed by atoms with E-state index in [2.05, 4.69) is 4.99 Å². The lowest BCUT2D eigenvalue weighted by Gasteiger charge is -2.01. The zero-order chi connectivity index (χ0) is 5.98. The molecule has 0 aliphatic carbocycles. The van der Waals surface area contributed by atoms with Crippen molar-refractivity contribution in [3.63, 3.8) is 0 Å². The summed E-state index contributed by atoms with van der Waals surface area (Å²) in [5, 5.41) is 0. The highest BCUT2D eigenvalue weighted by molar-refractivity contribution is 5.92. The molecule has 0 radical (unpaired) electrons. The molecule has 0 saturated carbocycles. The molecule has 1 aliphatic rings. The van der Waals surface area contributed by atoms with E-state index in [1.54, 1.807) is 6.92 Å². The molecule has 0 aromatic carbocycles. The zero-order valence-corrected chi connectivity index (χ0v) is 4.82. The van der Waals surface area contributed by atoms with Gasteiger partial charge in [-0.15, -0.1) is 0 Å². The van der Waals surface area contributed by atoms with Crippen LogP contribution < -0.4 is 0 Å². The Balaban J connectivity index is 2.73. The van der Waals surface area contributed by atoms with Gasteiger partial charge < -0.3 is 0 Å². The Morgan fingerprint density at radius 2 is 2.50 bits per heavy atom.